The summed E-state index contributed by atoms with van der Waals surface area (Å²) >= 11 is 5.76. The molecule has 3 heterocycles. The van der Waals surface area contributed by atoms with Crippen molar-refractivity contribution in [2.75, 3.05) is 18.0 Å². The smallest absolute Gasteiger partial charge is 0.370 e. The highest BCUT2D eigenvalue weighted by atomic mass is 35.5. The normalized spacial score (nSPS) is 17.0. The summed E-state index contributed by atoms with van der Waals surface area (Å²) in [6, 6.07) is 7.50. The van der Waals surface area contributed by atoms with Gasteiger partial charge in [0.15, 0.2) is 5.69 Å². The zero-order valence-corrected chi connectivity index (χ0v) is 14.6. The van der Waals surface area contributed by atoms with Crippen molar-refractivity contribution < 1.29 is 13.2 Å². The van der Waals surface area contributed by atoms with Gasteiger partial charge in [0.2, 0.25) is 0 Å². The zero-order chi connectivity index (χ0) is 18.8. The number of pyridine rings is 2. The van der Waals surface area contributed by atoms with Gasteiger partial charge in [0.25, 0.3) is 0 Å². The van der Waals surface area contributed by atoms with Gasteiger partial charge in [-0.25, -0.2) is 4.98 Å². The molecule has 8 heteroatoms. The molecule has 1 fully saturated rings. The lowest BCUT2D eigenvalue weighted by atomic mass is 9.75. The molecule has 0 N–H and O–H groups in total. The van der Waals surface area contributed by atoms with E-state index in [4.69, 9.17) is 11.6 Å². The third-order valence-electron chi connectivity index (χ3n) is 4.68. The summed E-state index contributed by atoms with van der Waals surface area (Å²) in [7, 11) is 0. The number of halogens is 4. The number of rotatable bonds is 3. The van der Waals surface area contributed by atoms with Crippen molar-refractivity contribution in [3.63, 3.8) is 0 Å². The van der Waals surface area contributed by atoms with Crippen LogP contribution in [-0.4, -0.2) is 23.1 Å². The van der Waals surface area contributed by atoms with Crippen LogP contribution >= 0.6 is 11.6 Å². The van der Waals surface area contributed by atoms with E-state index < -0.39 is 22.3 Å². The van der Waals surface area contributed by atoms with E-state index in [1.807, 2.05) is 17.0 Å². The maximum absolute atomic E-state index is 12.8. The van der Waals surface area contributed by atoms with Gasteiger partial charge in [-0.2, -0.15) is 18.4 Å². The van der Waals surface area contributed by atoms with E-state index in [9.17, 15) is 18.4 Å². The molecule has 136 valence electrons. The summed E-state index contributed by atoms with van der Waals surface area (Å²) < 4.78 is 38.3. The van der Waals surface area contributed by atoms with Crippen LogP contribution in [0.4, 0.5) is 18.9 Å². The van der Waals surface area contributed by atoms with Crippen LogP contribution in [0.3, 0.4) is 0 Å². The fourth-order valence-electron chi connectivity index (χ4n) is 3.22. The molecule has 0 amide bonds. The Hall–Kier alpha value is -2.33. The van der Waals surface area contributed by atoms with Crippen molar-refractivity contribution in [2.24, 2.45) is 5.41 Å². The van der Waals surface area contributed by atoms with Crippen molar-refractivity contribution in [2.45, 2.75) is 25.4 Å². The van der Waals surface area contributed by atoms with Crippen molar-refractivity contribution in [1.29, 1.82) is 5.26 Å². The van der Waals surface area contributed by atoms with Crippen LogP contribution < -0.4 is 4.90 Å². The van der Waals surface area contributed by atoms with Crippen LogP contribution in [0.5, 0.6) is 0 Å². The molecule has 0 radical (unpaired) electrons. The van der Waals surface area contributed by atoms with Gasteiger partial charge in [0.1, 0.15) is 0 Å². The fraction of sp³-hybridized carbons (Fsp3) is 0.389. The van der Waals surface area contributed by atoms with Crippen LogP contribution in [-0.2, 0) is 12.6 Å². The number of nitriles is 1. The fourth-order valence-corrected chi connectivity index (χ4v) is 3.49. The molecule has 1 aliphatic heterocycles. The summed E-state index contributed by atoms with van der Waals surface area (Å²) in [5, 5.41) is 9.27. The molecule has 2 aromatic rings. The average Bonchev–Trinajstić information content (AvgIpc) is 2.62. The minimum absolute atomic E-state index is 0.414. The summed E-state index contributed by atoms with van der Waals surface area (Å²) in [4.78, 5) is 9.47. The molecule has 0 aromatic carbocycles. The van der Waals surface area contributed by atoms with Gasteiger partial charge in [0.05, 0.1) is 28.4 Å². The van der Waals surface area contributed by atoms with E-state index in [0.29, 0.717) is 38.0 Å². The second kappa shape index (κ2) is 7.12. The van der Waals surface area contributed by atoms with Crippen molar-refractivity contribution in [1.82, 2.24) is 9.97 Å². The quantitative estimate of drug-likeness (QED) is 0.786. The summed E-state index contributed by atoms with van der Waals surface area (Å²) in [6.07, 6.45) is 1.88. The molecule has 2 aromatic heterocycles. The Bertz CT molecular complexity index is 809. The molecule has 4 nitrogen and oxygen atoms in total. The molecule has 0 spiro atoms. The first-order chi connectivity index (χ1) is 12.3. The highest BCUT2D eigenvalue weighted by molar-refractivity contribution is 6.31. The van der Waals surface area contributed by atoms with Gasteiger partial charge in [-0.3, -0.25) is 4.98 Å². The van der Waals surface area contributed by atoms with Crippen LogP contribution in [0.25, 0.3) is 0 Å². The van der Waals surface area contributed by atoms with E-state index in [1.165, 1.54) is 12.3 Å². The number of anilines is 1. The van der Waals surface area contributed by atoms with Gasteiger partial charge >= 0.3 is 6.18 Å². The minimum Gasteiger partial charge on any atom is -0.370 e. The Kier molecular flexibility index (Phi) is 5.05. The summed E-state index contributed by atoms with van der Waals surface area (Å²) in [5.41, 5.74) is -0.0385. The predicted octanol–water partition coefficient (Wildman–Crippen LogP) is 4.50. The van der Waals surface area contributed by atoms with Gasteiger partial charge < -0.3 is 4.90 Å². The maximum atomic E-state index is 12.8. The standard InChI is InChI=1S/C18H16ClF3N4/c19-15-8-14(11-25-16(15)18(20,21)22)26-6-3-17(12-23,4-7-26)9-13-2-1-5-24-10-13/h1-2,5,8,10-11H,3-4,6-7,9H2. The molecule has 0 atom stereocenters. The first-order valence-corrected chi connectivity index (χ1v) is 8.49. The molecular formula is C18H16ClF3N4. The first kappa shape index (κ1) is 18.5. The van der Waals surface area contributed by atoms with Crippen LogP contribution in [0, 0.1) is 16.7 Å². The van der Waals surface area contributed by atoms with Gasteiger partial charge in [-0.05, 0) is 37.0 Å². The van der Waals surface area contributed by atoms with Crippen molar-refractivity contribution in [3.8, 4) is 6.07 Å². The van der Waals surface area contributed by atoms with E-state index >= 15 is 0 Å². The Morgan fingerprint density at radius 3 is 2.54 bits per heavy atom. The molecular weight excluding hydrogens is 365 g/mol. The largest absolute Gasteiger partial charge is 0.434 e. The predicted molar refractivity (Wildman–Crippen MR) is 91.7 cm³/mol. The van der Waals surface area contributed by atoms with Crippen molar-refractivity contribution in [3.05, 3.63) is 53.1 Å². The molecule has 0 saturated carbocycles. The SMILES string of the molecule is N#CC1(Cc2cccnc2)CCN(c2cnc(C(F)(F)F)c(Cl)c2)CC1. The highest BCUT2D eigenvalue weighted by Crippen LogP contribution is 2.38. The summed E-state index contributed by atoms with van der Waals surface area (Å²) in [5.74, 6) is 0. The lowest BCUT2D eigenvalue weighted by Crippen LogP contribution is -2.40. The second-order valence-corrected chi connectivity index (χ2v) is 6.85. The Balaban J connectivity index is 1.72. The molecule has 26 heavy (non-hydrogen) atoms. The molecule has 0 unspecified atom stereocenters. The maximum Gasteiger partial charge on any atom is 0.434 e. The number of piperidine rings is 1. The first-order valence-electron chi connectivity index (χ1n) is 8.11. The highest BCUT2D eigenvalue weighted by Gasteiger charge is 2.37. The second-order valence-electron chi connectivity index (χ2n) is 6.44. The van der Waals surface area contributed by atoms with E-state index in [0.717, 1.165) is 5.56 Å². The molecule has 3 rings (SSSR count). The number of aromatic nitrogens is 2. The molecule has 0 aliphatic carbocycles. The minimum atomic E-state index is -4.57. The Morgan fingerprint density at radius 2 is 2.00 bits per heavy atom. The van der Waals surface area contributed by atoms with Gasteiger partial charge in [-0.15, -0.1) is 0 Å². The monoisotopic (exact) mass is 380 g/mol. The molecule has 1 saturated heterocycles. The summed E-state index contributed by atoms with van der Waals surface area (Å²) in [6.45, 7) is 1.11. The van der Waals surface area contributed by atoms with Crippen LogP contribution in [0.1, 0.15) is 24.1 Å². The third-order valence-corrected chi connectivity index (χ3v) is 4.97. The third kappa shape index (κ3) is 3.91. The zero-order valence-electron chi connectivity index (χ0n) is 13.8. The van der Waals surface area contributed by atoms with Crippen LogP contribution in [0.2, 0.25) is 5.02 Å². The molecule has 1 aliphatic rings. The number of hydrogen-bond acceptors (Lipinski definition) is 4. The number of nitrogens with zero attached hydrogens (tertiary/aromatic N) is 4. The van der Waals surface area contributed by atoms with Crippen molar-refractivity contribution >= 4 is 17.3 Å². The molecule has 0 bridgehead atoms. The van der Waals surface area contributed by atoms with Gasteiger partial charge in [0, 0.05) is 25.5 Å². The lowest BCUT2D eigenvalue weighted by Gasteiger charge is -2.38. The number of alkyl halides is 3. The van der Waals surface area contributed by atoms with E-state index in [-0.39, 0.29) is 0 Å². The topological polar surface area (TPSA) is 52.8 Å². The Morgan fingerprint density at radius 1 is 1.27 bits per heavy atom. The van der Waals surface area contributed by atoms with Gasteiger partial charge in [-0.1, -0.05) is 17.7 Å². The van der Waals surface area contributed by atoms with E-state index in [2.05, 4.69) is 16.0 Å². The lowest BCUT2D eigenvalue weighted by molar-refractivity contribution is -0.141. The Labute approximate surface area is 154 Å². The van der Waals surface area contributed by atoms with Crippen LogP contribution in [0.15, 0.2) is 36.8 Å². The number of hydrogen-bond donors (Lipinski definition) is 0. The van der Waals surface area contributed by atoms with E-state index in [1.54, 1.807) is 12.4 Å². The average molecular weight is 381 g/mol.